The van der Waals surface area contributed by atoms with Crippen LogP contribution in [-0.2, 0) is 14.8 Å². The number of thiazole rings is 1. The Hall–Kier alpha value is -4.16. The fraction of sp³-hybridized carbons (Fsp3) is 0.250. The van der Waals surface area contributed by atoms with E-state index >= 15 is 0 Å². The van der Waals surface area contributed by atoms with Gasteiger partial charge in [-0.25, -0.2) is 18.2 Å². The quantitative estimate of drug-likeness (QED) is 0.249. The lowest BCUT2D eigenvalue weighted by atomic mass is 10.1. The molecule has 0 aliphatic rings. The van der Waals surface area contributed by atoms with Crippen LogP contribution in [0.5, 0.6) is 0 Å². The van der Waals surface area contributed by atoms with Gasteiger partial charge in [-0.3, -0.25) is 14.4 Å². The summed E-state index contributed by atoms with van der Waals surface area (Å²) >= 11 is 1.18. The van der Waals surface area contributed by atoms with Crippen molar-refractivity contribution in [2.24, 2.45) is 0 Å². The number of benzene rings is 3. The number of carbonyl (C=O) groups is 2. The molecule has 0 atom stereocenters. The van der Waals surface area contributed by atoms with E-state index in [2.05, 4.69) is 15.0 Å². The van der Waals surface area contributed by atoms with Crippen LogP contribution in [0.3, 0.4) is 0 Å². The number of aromatic nitrogens is 1. The highest BCUT2D eigenvalue weighted by Crippen LogP contribution is 2.32. The molecule has 12 heteroatoms. The predicted octanol–water partition coefficient (Wildman–Crippen LogP) is 5.55. The summed E-state index contributed by atoms with van der Waals surface area (Å²) in [4.78, 5) is 31.6. The largest absolute Gasteiger partial charge is 0.465 e. The SMILES string of the molecule is CN(C)c1cccc2c(S(=O)(=O)Nc3cccc(-c4csc(NC(=O)CN(C(=O)O)C(C)(C)C)n4)c3)cccc12. The Morgan fingerprint density at radius 1 is 1.00 bits per heavy atom. The minimum Gasteiger partial charge on any atom is -0.465 e. The summed E-state index contributed by atoms with van der Waals surface area (Å²) < 4.78 is 29.6. The first-order chi connectivity index (χ1) is 18.8. The molecule has 0 unspecified atom stereocenters. The van der Waals surface area contributed by atoms with Crippen LogP contribution in [0.15, 0.2) is 70.9 Å². The van der Waals surface area contributed by atoms with Crippen molar-refractivity contribution in [3.05, 3.63) is 66.0 Å². The van der Waals surface area contributed by atoms with E-state index in [-0.39, 0.29) is 11.4 Å². The lowest BCUT2D eigenvalue weighted by Gasteiger charge is -2.32. The molecule has 0 aliphatic carbocycles. The van der Waals surface area contributed by atoms with Crippen LogP contribution in [0.2, 0.25) is 0 Å². The molecule has 40 heavy (non-hydrogen) atoms. The summed E-state index contributed by atoms with van der Waals surface area (Å²) in [5, 5.41) is 15.5. The normalized spacial score (nSPS) is 11.7. The monoisotopic (exact) mass is 581 g/mol. The molecule has 0 radical (unpaired) electrons. The van der Waals surface area contributed by atoms with E-state index in [0.717, 1.165) is 16.0 Å². The van der Waals surface area contributed by atoms with Gasteiger partial charge in [-0.05, 0) is 45.0 Å². The predicted molar refractivity (Wildman–Crippen MR) is 160 cm³/mol. The van der Waals surface area contributed by atoms with Gasteiger partial charge in [-0.15, -0.1) is 11.3 Å². The Morgan fingerprint density at radius 3 is 2.35 bits per heavy atom. The van der Waals surface area contributed by atoms with Crippen LogP contribution in [0.25, 0.3) is 22.0 Å². The fourth-order valence-corrected chi connectivity index (χ4v) is 6.21. The summed E-state index contributed by atoms with van der Waals surface area (Å²) in [7, 11) is -0.102. The van der Waals surface area contributed by atoms with Crippen molar-refractivity contribution in [1.29, 1.82) is 0 Å². The number of hydrogen-bond donors (Lipinski definition) is 3. The number of carboxylic acid groups (broad SMARTS) is 1. The highest BCUT2D eigenvalue weighted by Gasteiger charge is 2.28. The Kier molecular flexibility index (Phi) is 8.03. The minimum absolute atomic E-state index is 0.170. The molecule has 4 rings (SSSR count). The first-order valence-corrected chi connectivity index (χ1v) is 14.7. The summed E-state index contributed by atoms with van der Waals surface area (Å²) in [6.07, 6.45) is -1.19. The smallest absolute Gasteiger partial charge is 0.408 e. The van der Waals surface area contributed by atoms with Crippen molar-refractivity contribution in [1.82, 2.24) is 9.88 Å². The maximum absolute atomic E-state index is 13.4. The number of nitrogens with zero attached hydrogens (tertiary/aromatic N) is 3. The second-order valence-electron chi connectivity index (χ2n) is 10.3. The molecule has 10 nitrogen and oxygen atoms in total. The molecule has 0 saturated heterocycles. The van der Waals surface area contributed by atoms with Crippen molar-refractivity contribution < 1.29 is 23.1 Å². The molecule has 1 heterocycles. The fourth-order valence-electron chi connectivity index (χ4n) is 4.20. The highest BCUT2D eigenvalue weighted by molar-refractivity contribution is 7.93. The number of hydrogen-bond acceptors (Lipinski definition) is 7. The van der Waals surface area contributed by atoms with E-state index in [9.17, 15) is 23.1 Å². The van der Waals surface area contributed by atoms with E-state index in [4.69, 9.17) is 0 Å². The second-order valence-corrected chi connectivity index (χ2v) is 12.8. The zero-order chi connectivity index (χ0) is 29.2. The van der Waals surface area contributed by atoms with Gasteiger partial charge in [-0.1, -0.05) is 36.4 Å². The Morgan fingerprint density at radius 2 is 1.68 bits per heavy atom. The zero-order valence-electron chi connectivity index (χ0n) is 22.8. The summed E-state index contributed by atoms with van der Waals surface area (Å²) in [6.45, 7) is 4.78. The molecule has 2 amide bonds. The molecule has 3 aromatic carbocycles. The van der Waals surface area contributed by atoms with Crippen LogP contribution in [0.4, 0.5) is 21.3 Å². The highest BCUT2D eigenvalue weighted by atomic mass is 32.2. The van der Waals surface area contributed by atoms with Crippen molar-refractivity contribution in [2.45, 2.75) is 31.2 Å². The van der Waals surface area contributed by atoms with Crippen LogP contribution in [-0.4, -0.2) is 61.6 Å². The van der Waals surface area contributed by atoms with E-state index in [1.807, 2.05) is 37.2 Å². The van der Waals surface area contributed by atoms with E-state index in [1.54, 1.807) is 68.6 Å². The van der Waals surface area contributed by atoms with Crippen LogP contribution in [0.1, 0.15) is 20.8 Å². The van der Waals surface area contributed by atoms with E-state index < -0.39 is 27.6 Å². The van der Waals surface area contributed by atoms with Crippen molar-refractivity contribution >= 4 is 60.6 Å². The van der Waals surface area contributed by atoms with Crippen LogP contribution >= 0.6 is 11.3 Å². The minimum atomic E-state index is -3.92. The number of anilines is 3. The lowest BCUT2D eigenvalue weighted by Crippen LogP contribution is -2.48. The average molecular weight is 582 g/mol. The Bertz CT molecular complexity index is 1680. The number of sulfonamides is 1. The summed E-state index contributed by atoms with van der Waals surface area (Å²) in [6, 6.07) is 17.6. The Labute approximate surface area is 237 Å². The molecule has 0 aliphatic heterocycles. The maximum atomic E-state index is 13.4. The first kappa shape index (κ1) is 28.8. The summed E-state index contributed by atoms with van der Waals surface area (Å²) in [5.41, 5.74) is 1.71. The van der Waals surface area contributed by atoms with Gasteiger partial charge in [0.15, 0.2) is 5.13 Å². The molecular formula is C28H31N5O5S2. The molecule has 0 fully saturated rings. The maximum Gasteiger partial charge on any atom is 0.408 e. The zero-order valence-corrected chi connectivity index (χ0v) is 24.4. The number of nitrogens with one attached hydrogen (secondary N) is 2. The molecular weight excluding hydrogens is 550 g/mol. The lowest BCUT2D eigenvalue weighted by molar-refractivity contribution is -0.118. The standard InChI is InChI=1S/C28H31N5O5S2/c1-28(2,3)33(27(35)36)16-25(34)30-26-29-22(17-39-26)18-9-6-10-19(15-18)31-40(37,38)24-14-8-11-20-21(24)12-7-13-23(20)32(4)5/h6-15,17,31H,16H2,1-5H3,(H,35,36)(H,29,30,34). The third kappa shape index (κ3) is 6.35. The first-order valence-electron chi connectivity index (χ1n) is 12.3. The van der Waals surface area contributed by atoms with Gasteiger partial charge in [0, 0.05) is 52.7 Å². The molecule has 0 bridgehead atoms. The molecule has 3 N–H and O–H groups in total. The molecule has 0 spiro atoms. The number of carbonyl (C=O) groups excluding carboxylic acids is 1. The van der Waals surface area contributed by atoms with Gasteiger partial charge >= 0.3 is 6.09 Å². The van der Waals surface area contributed by atoms with Gasteiger partial charge in [0.05, 0.1) is 10.6 Å². The van der Waals surface area contributed by atoms with Gasteiger partial charge in [0.1, 0.15) is 6.54 Å². The van der Waals surface area contributed by atoms with Crippen LogP contribution in [0, 0.1) is 0 Å². The molecule has 0 saturated carbocycles. The average Bonchev–Trinajstić information content (AvgIpc) is 3.34. The number of amides is 2. The molecule has 1 aromatic heterocycles. The number of fused-ring (bicyclic) bond motifs is 1. The third-order valence-corrected chi connectivity index (χ3v) is 8.33. The van der Waals surface area contributed by atoms with E-state index in [0.29, 0.717) is 27.5 Å². The van der Waals surface area contributed by atoms with Gasteiger partial charge in [-0.2, -0.15) is 0 Å². The van der Waals surface area contributed by atoms with E-state index in [1.165, 1.54) is 11.3 Å². The summed E-state index contributed by atoms with van der Waals surface area (Å²) in [5.74, 6) is -0.507. The van der Waals surface area contributed by atoms with Crippen molar-refractivity contribution in [3.63, 3.8) is 0 Å². The number of rotatable bonds is 8. The van der Waals surface area contributed by atoms with Gasteiger partial charge < -0.3 is 15.3 Å². The van der Waals surface area contributed by atoms with Crippen LogP contribution < -0.4 is 14.9 Å². The van der Waals surface area contributed by atoms with Gasteiger partial charge in [0.25, 0.3) is 10.0 Å². The molecule has 4 aromatic rings. The molecule has 210 valence electrons. The third-order valence-electron chi connectivity index (χ3n) is 6.13. The van der Waals surface area contributed by atoms with Crippen molar-refractivity contribution in [3.8, 4) is 11.3 Å². The Balaban J connectivity index is 1.54. The topological polar surface area (TPSA) is 132 Å². The second kappa shape index (κ2) is 11.1. The van der Waals surface area contributed by atoms with Gasteiger partial charge in [0.2, 0.25) is 5.91 Å². The van der Waals surface area contributed by atoms with Crippen molar-refractivity contribution in [2.75, 3.05) is 35.6 Å².